The molecule has 0 bridgehead atoms. The van der Waals surface area contributed by atoms with Gasteiger partial charge in [-0.2, -0.15) is 0 Å². The van der Waals surface area contributed by atoms with Crippen LogP contribution in [-0.2, 0) is 6.54 Å². The molecule has 1 aliphatic heterocycles. The van der Waals surface area contributed by atoms with E-state index in [-0.39, 0.29) is 12.4 Å². The van der Waals surface area contributed by atoms with Crippen LogP contribution in [0.4, 0.5) is 5.82 Å². The van der Waals surface area contributed by atoms with E-state index in [9.17, 15) is 4.79 Å². The summed E-state index contributed by atoms with van der Waals surface area (Å²) in [5.41, 5.74) is 1.04. The highest BCUT2D eigenvalue weighted by Gasteiger charge is 2.29. The highest BCUT2D eigenvalue weighted by atomic mass is 79.9. The zero-order valence-electron chi connectivity index (χ0n) is 15.4. The molecule has 0 saturated carbocycles. The molecule has 1 aromatic carbocycles. The van der Waals surface area contributed by atoms with E-state index in [0.717, 1.165) is 10.0 Å². The van der Waals surface area contributed by atoms with E-state index in [1.165, 1.54) is 6.33 Å². The minimum atomic E-state index is -0.506. The SMILES string of the molecule is CN1C(=S)C(NC(=O)c2ncn(Cc3cccc(Br)c3)n2)COc2cccnc21. The first-order valence-corrected chi connectivity index (χ1v) is 10.0. The lowest BCUT2D eigenvalue weighted by Gasteiger charge is -2.22. The van der Waals surface area contributed by atoms with Crippen molar-refractivity contribution in [2.75, 3.05) is 18.6 Å². The van der Waals surface area contributed by atoms with Crippen molar-refractivity contribution in [1.29, 1.82) is 0 Å². The number of anilines is 1. The number of nitrogens with one attached hydrogen (secondary N) is 1. The monoisotopic (exact) mass is 472 g/mol. The molecule has 0 aliphatic carbocycles. The second-order valence-electron chi connectivity index (χ2n) is 6.46. The minimum Gasteiger partial charge on any atom is -0.487 e. The largest absolute Gasteiger partial charge is 0.487 e. The van der Waals surface area contributed by atoms with Gasteiger partial charge >= 0.3 is 0 Å². The number of thiocarbonyl (C=S) groups is 1. The van der Waals surface area contributed by atoms with E-state index < -0.39 is 11.9 Å². The van der Waals surface area contributed by atoms with Crippen LogP contribution < -0.4 is 15.0 Å². The van der Waals surface area contributed by atoms with Crippen molar-refractivity contribution < 1.29 is 9.53 Å². The van der Waals surface area contributed by atoms with Crippen molar-refractivity contribution in [3.05, 3.63) is 64.8 Å². The Morgan fingerprint density at radius 2 is 2.21 bits per heavy atom. The first kappa shape index (κ1) is 19.5. The van der Waals surface area contributed by atoms with Crippen LogP contribution in [0.1, 0.15) is 16.2 Å². The number of benzene rings is 1. The maximum Gasteiger partial charge on any atom is 0.291 e. The summed E-state index contributed by atoms with van der Waals surface area (Å²) >= 11 is 8.97. The molecule has 4 rings (SSSR count). The van der Waals surface area contributed by atoms with Gasteiger partial charge in [-0.05, 0) is 29.8 Å². The van der Waals surface area contributed by atoms with E-state index in [0.29, 0.717) is 23.1 Å². The van der Waals surface area contributed by atoms with Crippen LogP contribution in [0.2, 0.25) is 0 Å². The average molecular weight is 473 g/mol. The number of hydrogen-bond donors (Lipinski definition) is 1. The number of nitrogens with zero attached hydrogens (tertiary/aromatic N) is 5. The smallest absolute Gasteiger partial charge is 0.291 e. The fourth-order valence-corrected chi connectivity index (χ4v) is 3.61. The third-order valence-electron chi connectivity index (χ3n) is 4.38. The lowest BCUT2D eigenvalue weighted by molar-refractivity contribution is 0.0927. The molecule has 10 heteroatoms. The van der Waals surface area contributed by atoms with Crippen molar-refractivity contribution in [2.24, 2.45) is 0 Å². The molecule has 1 atom stereocenters. The molecule has 148 valence electrons. The lowest BCUT2D eigenvalue weighted by atomic mass is 10.2. The van der Waals surface area contributed by atoms with Crippen molar-refractivity contribution in [1.82, 2.24) is 25.1 Å². The van der Waals surface area contributed by atoms with E-state index in [1.54, 1.807) is 28.9 Å². The van der Waals surface area contributed by atoms with Crippen LogP contribution in [0.3, 0.4) is 0 Å². The number of rotatable bonds is 4. The van der Waals surface area contributed by atoms with Gasteiger partial charge in [-0.3, -0.25) is 4.79 Å². The zero-order chi connectivity index (χ0) is 20.4. The molecule has 2 aromatic heterocycles. The number of halogens is 1. The maximum absolute atomic E-state index is 12.7. The molecule has 8 nitrogen and oxygen atoms in total. The third kappa shape index (κ3) is 4.28. The molecular weight excluding hydrogens is 456 g/mol. The van der Waals surface area contributed by atoms with Gasteiger partial charge in [0.15, 0.2) is 11.6 Å². The summed E-state index contributed by atoms with van der Waals surface area (Å²) < 4.78 is 8.37. The number of aromatic nitrogens is 4. The maximum atomic E-state index is 12.7. The Balaban J connectivity index is 1.44. The average Bonchev–Trinajstić information content (AvgIpc) is 3.14. The Hall–Kier alpha value is -2.85. The number of likely N-dealkylation sites (N-methyl/N-ethyl adjacent to an activating group) is 1. The summed E-state index contributed by atoms with van der Waals surface area (Å²) in [4.78, 5) is 23.3. The van der Waals surface area contributed by atoms with Gasteiger partial charge in [0.1, 0.15) is 24.0 Å². The van der Waals surface area contributed by atoms with Crippen molar-refractivity contribution in [3.63, 3.8) is 0 Å². The molecule has 3 heterocycles. The number of hydrogen-bond acceptors (Lipinski definition) is 6. The predicted molar refractivity (Wildman–Crippen MR) is 115 cm³/mol. The van der Waals surface area contributed by atoms with Crippen LogP contribution >= 0.6 is 28.1 Å². The molecule has 0 fully saturated rings. The van der Waals surface area contributed by atoms with Gasteiger partial charge in [0.2, 0.25) is 5.82 Å². The summed E-state index contributed by atoms with van der Waals surface area (Å²) in [6, 6.07) is 11.0. The second-order valence-corrected chi connectivity index (χ2v) is 7.79. The van der Waals surface area contributed by atoms with Gasteiger partial charge in [0.25, 0.3) is 5.91 Å². The summed E-state index contributed by atoms with van der Waals surface area (Å²) in [6.45, 7) is 0.709. The van der Waals surface area contributed by atoms with Crippen molar-refractivity contribution in [2.45, 2.75) is 12.6 Å². The third-order valence-corrected chi connectivity index (χ3v) is 5.43. The van der Waals surface area contributed by atoms with Crippen LogP contribution in [0.15, 0.2) is 53.4 Å². The Labute approximate surface area is 181 Å². The molecule has 1 aliphatic rings. The van der Waals surface area contributed by atoms with Gasteiger partial charge in [-0.15, -0.1) is 5.10 Å². The minimum absolute atomic E-state index is 0.0744. The second kappa shape index (κ2) is 8.26. The predicted octanol–water partition coefficient (Wildman–Crippen LogP) is 2.44. The van der Waals surface area contributed by atoms with Gasteiger partial charge in [-0.1, -0.05) is 40.3 Å². The molecule has 1 N–H and O–H groups in total. The number of ether oxygens (including phenoxy) is 1. The number of fused-ring (bicyclic) bond motifs is 1. The summed E-state index contributed by atoms with van der Waals surface area (Å²) in [5.74, 6) is 0.891. The van der Waals surface area contributed by atoms with E-state index in [4.69, 9.17) is 17.0 Å². The number of carbonyl (C=O) groups excluding carboxylic acids is 1. The van der Waals surface area contributed by atoms with Crippen LogP contribution in [0.5, 0.6) is 5.75 Å². The lowest BCUT2D eigenvalue weighted by Crippen LogP contribution is -2.48. The molecule has 1 amide bonds. The Morgan fingerprint density at radius 3 is 3.03 bits per heavy atom. The first-order valence-electron chi connectivity index (χ1n) is 8.81. The topological polar surface area (TPSA) is 85.2 Å². The molecule has 0 saturated heterocycles. The van der Waals surface area contributed by atoms with E-state index in [1.807, 2.05) is 30.3 Å². The quantitative estimate of drug-likeness (QED) is 0.583. The number of pyridine rings is 1. The summed E-state index contributed by atoms with van der Waals surface area (Å²) in [5, 5.41) is 7.13. The standard InChI is InChI=1S/C19H17BrN6O2S/c1-25-17-15(6-3-7-21-17)28-10-14(19(25)29)23-18(27)16-22-11-26(24-16)9-12-4-2-5-13(20)8-12/h2-8,11,14H,9-10H2,1H3,(H,23,27). The zero-order valence-corrected chi connectivity index (χ0v) is 17.9. The molecule has 0 radical (unpaired) electrons. The molecular formula is C19H17BrN6O2S. The van der Waals surface area contributed by atoms with Crippen molar-refractivity contribution >= 4 is 44.9 Å². The Bertz CT molecular complexity index is 1070. The molecule has 0 spiro atoms. The Kier molecular flexibility index (Phi) is 5.54. The molecule has 29 heavy (non-hydrogen) atoms. The van der Waals surface area contributed by atoms with E-state index >= 15 is 0 Å². The summed E-state index contributed by atoms with van der Waals surface area (Å²) in [6.07, 6.45) is 3.20. The highest BCUT2D eigenvalue weighted by molar-refractivity contribution is 9.10. The fourth-order valence-electron chi connectivity index (χ4n) is 2.95. The number of amides is 1. The van der Waals surface area contributed by atoms with Gasteiger partial charge in [0.05, 0.1) is 6.54 Å². The van der Waals surface area contributed by atoms with Crippen LogP contribution in [-0.4, -0.2) is 50.3 Å². The highest BCUT2D eigenvalue weighted by Crippen LogP contribution is 2.27. The molecule has 3 aromatic rings. The van der Waals surface area contributed by atoms with Gasteiger partial charge in [-0.25, -0.2) is 14.6 Å². The summed E-state index contributed by atoms with van der Waals surface area (Å²) in [7, 11) is 1.80. The fraction of sp³-hybridized carbons (Fsp3) is 0.211. The van der Waals surface area contributed by atoms with Crippen LogP contribution in [0, 0.1) is 0 Å². The van der Waals surface area contributed by atoms with E-state index in [2.05, 4.69) is 36.3 Å². The van der Waals surface area contributed by atoms with Gasteiger partial charge < -0.3 is 15.0 Å². The van der Waals surface area contributed by atoms with Gasteiger partial charge in [0, 0.05) is 17.7 Å². The number of carbonyl (C=O) groups is 1. The van der Waals surface area contributed by atoms with Crippen molar-refractivity contribution in [3.8, 4) is 5.75 Å². The molecule has 1 unspecified atom stereocenters. The normalized spacial score (nSPS) is 16.0. The van der Waals surface area contributed by atoms with Crippen LogP contribution in [0.25, 0.3) is 0 Å². The Morgan fingerprint density at radius 1 is 1.34 bits per heavy atom. The first-order chi connectivity index (χ1) is 14.0.